The fourth-order valence-electron chi connectivity index (χ4n) is 1.73. The summed E-state index contributed by atoms with van der Waals surface area (Å²) in [4.78, 5) is 14.7. The van der Waals surface area contributed by atoms with Crippen LogP contribution in [0.2, 0.25) is 0 Å². The summed E-state index contributed by atoms with van der Waals surface area (Å²) in [7, 11) is 1.50. The van der Waals surface area contributed by atoms with Crippen molar-refractivity contribution >= 4 is 11.5 Å². The van der Waals surface area contributed by atoms with Crippen molar-refractivity contribution in [2.24, 2.45) is 0 Å². The van der Waals surface area contributed by atoms with E-state index < -0.39 is 4.92 Å². The van der Waals surface area contributed by atoms with Gasteiger partial charge in [0.05, 0.1) is 12.0 Å². The monoisotopic (exact) mass is 289 g/mol. The van der Waals surface area contributed by atoms with Crippen LogP contribution in [-0.4, -0.2) is 23.6 Å². The first-order valence-corrected chi connectivity index (χ1v) is 6.36. The van der Waals surface area contributed by atoms with Gasteiger partial charge in [0.1, 0.15) is 5.82 Å². The van der Waals surface area contributed by atoms with Crippen molar-refractivity contribution in [1.82, 2.24) is 4.98 Å². The molecule has 2 aromatic rings. The number of para-hydroxylation sites is 2. The van der Waals surface area contributed by atoms with Crippen molar-refractivity contribution in [1.29, 1.82) is 0 Å². The molecule has 0 radical (unpaired) electrons. The number of methoxy groups -OCH3 is 1. The van der Waals surface area contributed by atoms with Gasteiger partial charge in [0.15, 0.2) is 11.5 Å². The maximum Gasteiger partial charge on any atom is 0.331 e. The highest BCUT2D eigenvalue weighted by molar-refractivity contribution is 5.52. The topological polar surface area (TPSA) is 86.5 Å². The van der Waals surface area contributed by atoms with E-state index in [1.54, 1.807) is 24.3 Å². The second kappa shape index (κ2) is 6.56. The smallest absolute Gasteiger partial charge is 0.331 e. The Balaban J connectivity index is 2.40. The Hall–Kier alpha value is -2.83. The summed E-state index contributed by atoms with van der Waals surface area (Å²) >= 11 is 0. The summed E-state index contributed by atoms with van der Waals surface area (Å²) in [6, 6.07) is 9.78. The predicted molar refractivity (Wildman–Crippen MR) is 78.1 cm³/mol. The number of nitrogens with one attached hydrogen (secondary N) is 1. The highest BCUT2D eigenvalue weighted by atomic mass is 16.6. The zero-order chi connectivity index (χ0) is 15.2. The number of benzene rings is 1. The lowest BCUT2D eigenvalue weighted by molar-refractivity contribution is -0.386. The number of aromatic nitrogens is 1. The van der Waals surface area contributed by atoms with Crippen LogP contribution in [0.1, 0.15) is 6.92 Å². The Morgan fingerprint density at radius 3 is 2.57 bits per heavy atom. The van der Waals surface area contributed by atoms with E-state index in [4.69, 9.17) is 9.47 Å². The number of rotatable bonds is 6. The molecule has 1 heterocycles. The van der Waals surface area contributed by atoms with E-state index >= 15 is 0 Å². The van der Waals surface area contributed by atoms with Gasteiger partial charge >= 0.3 is 11.6 Å². The van der Waals surface area contributed by atoms with Crippen LogP contribution < -0.4 is 14.8 Å². The molecule has 0 fully saturated rings. The van der Waals surface area contributed by atoms with Crippen molar-refractivity contribution in [3.63, 3.8) is 0 Å². The van der Waals surface area contributed by atoms with Crippen molar-refractivity contribution in [3.05, 3.63) is 46.5 Å². The van der Waals surface area contributed by atoms with Gasteiger partial charge in [-0.2, -0.15) is 4.98 Å². The second-order valence-electron chi connectivity index (χ2n) is 4.06. The molecule has 0 spiro atoms. The number of hydrogen-bond acceptors (Lipinski definition) is 6. The molecule has 1 aromatic carbocycles. The molecule has 0 saturated carbocycles. The van der Waals surface area contributed by atoms with Gasteiger partial charge in [0.2, 0.25) is 0 Å². The van der Waals surface area contributed by atoms with Crippen LogP contribution in [0.4, 0.5) is 11.5 Å². The molecule has 0 bridgehead atoms. The fourth-order valence-corrected chi connectivity index (χ4v) is 1.73. The van der Waals surface area contributed by atoms with Gasteiger partial charge in [-0.05, 0) is 25.1 Å². The highest BCUT2D eigenvalue weighted by Crippen LogP contribution is 2.35. The van der Waals surface area contributed by atoms with Crippen molar-refractivity contribution in [2.45, 2.75) is 6.92 Å². The number of anilines is 1. The zero-order valence-electron chi connectivity index (χ0n) is 11.7. The minimum Gasteiger partial charge on any atom is -0.493 e. The molecular formula is C14H15N3O4. The molecule has 7 nitrogen and oxygen atoms in total. The first-order chi connectivity index (χ1) is 10.2. The second-order valence-corrected chi connectivity index (χ2v) is 4.06. The van der Waals surface area contributed by atoms with Gasteiger partial charge < -0.3 is 14.8 Å². The van der Waals surface area contributed by atoms with E-state index in [1.165, 1.54) is 19.2 Å². The maximum absolute atomic E-state index is 11.1. The van der Waals surface area contributed by atoms with E-state index in [-0.39, 0.29) is 11.6 Å². The van der Waals surface area contributed by atoms with E-state index in [1.807, 2.05) is 6.92 Å². The average Bonchev–Trinajstić information content (AvgIpc) is 2.48. The van der Waals surface area contributed by atoms with Crippen molar-refractivity contribution < 1.29 is 14.4 Å². The Bertz CT molecular complexity index is 646. The Morgan fingerprint density at radius 1 is 1.24 bits per heavy atom. The zero-order valence-corrected chi connectivity index (χ0v) is 11.7. The molecule has 1 aromatic heterocycles. The molecule has 7 heteroatoms. The first kappa shape index (κ1) is 14.6. The number of ether oxygens (including phenoxy) is 2. The molecule has 0 aliphatic carbocycles. The Kier molecular flexibility index (Phi) is 4.55. The number of nitro groups is 1. The van der Waals surface area contributed by atoms with E-state index in [0.717, 1.165) is 0 Å². The molecule has 0 aliphatic heterocycles. The molecule has 21 heavy (non-hydrogen) atoms. The lowest BCUT2D eigenvalue weighted by atomic mass is 10.3. The molecular weight excluding hydrogens is 274 g/mol. The maximum atomic E-state index is 11.1. The third-order valence-corrected chi connectivity index (χ3v) is 2.67. The van der Waals surface area contributed by atoms with Crippen molar-refractivity contribution in [2.75, 3.05) is 19.0 Å². The van der Waals surface area contributed by atoms with E-state index in [0.29, 0.717) is 23.9 Å². The molecule has 0 unspecified atom stereocenters. The van der Waals surface area contributed by atoms with Crippen LogP contribution in [0, 0.1) is 10.1 Å². The highest BCUT2D eigenvalue weighted by Gasteiger charge is 2.19. The summed E-state index contributed by atoms with van der Waals surface area (Å²) < 4.78 is 10.7. The van der Waals surface area contributed by atoms with Crippen LogP contribution in [0.15, 0.2) is 36.4 Å². The summed E-state index contributed by atoms with van der Waals surface area (Å²) in [6.07, 6.45) is 0. The van der Waals surface area contributed by atoms with Gasteiger partial charge in [0.25, 0.3) is 0 Å². The summed E-state index contributed by atoms with van der Waals surface area (Å²) in [6.45, 7) is 2.56. The van der Waals surface area contributed by atoms with Crippen molar-refractivity contribution in [3.8, 4) is 17.4 Å². The Morgan fingerprint density at radius 2 is 1.95 bits per heavy atom. The fraction of sp³-hybridized carbons (Fsp3) is 0.214. The van der Waals surface area contributed by atoms with Gasteiger partial charge in [-0.25, -0.2) is 0 Å². The molecule has 0 atom stereocenters. The van der Waals surface area contributed by atoms with Crippen LogP contribution in [0.25, 0.3) is 0 Å². The number of pyridine rings is 1. The normalized spacial score (nSPS) is 10.0. The first-order valence-electron chi connectivity index (χ1n) is 6.36. The minimum absolute atomic E-state index is 0.0806. The molecule has 2 rings (SSSR count). The quantitative estimate of drug-likeness (QED) is 0.649. The Labute approximate surface area is 121 Å². The lowest BCUT2D eigenvalue weighted by Crippen LogP contribution is -2.02. The SMILES string of the molecule is CCNc1ccc([N+](=O)[O-])c(Oc2ccccc2OC)n1. The predicted octanol–water partition coefficient (Wildman–Crippen LogP) is 3.22. The molecule has 0 saturated heterocycles. The summed E-state index contributed by atoms with van der Waals surface area (Å²) in [5.41, 5.74) is -0.206. The van der Waals surface area contributed by atoms with Crippen LogP contribution >= 0.6 is 0 Å². The average molecular weight is 289 g/mol. The largest absolute Gasteiger partial charge is 0.493 e. The third-order valence-electron chi connectivity index (χ3n) is 2.67. The van der Waals surface area contributed by atoms with Crippen LogP contribution in [0.3, 0.4) is 0 Å². The minimum atomic E-state index is -0.534. The molecule has 1 N–H and O–H groups in total. The standard InChI is InChI=1S/C14H15N3O4/c1-3-15-13-9-8-10(17(18)19)14(16-13)21-12-7-5-4-6-11(12)20-2/h4-9H,3H2,1-2H3,(H,15,16). The van der Waals surface area contributed by atoms with Crippen LogP contribution in [-0.2, 0) is 0 Å². The van der Waals surface area contributed by atoms with Gasteiger partial charge in [-0.3, -0.25) is 10.1 Å². The number of nitrogens with zero attached hydrogens (tertiary/aromatic N) is 2. The van der Waals surface area contributed by atoms with Gasteiger partial charge in [-0.15, -0.1) is 0 Å². The summed E-state index contributed by atoms with van der Waals surface area (Å²) in [5, 5.41) is 14.1. The van der Waals surface area contributed by atoms with Gasteiger partial charge in [-0.1, -0.05) is 12.1 Å². The van der Waals surface area contributed by atoms with Crippen LogP contribution in [0.5, 0.6) is 17.4 Å². The summed E-state index contributed by atoms with van der Waals surface area (Å²) in [5.74, 6) is 1.27. The molecule has 110 valence electrons. The molecule has 0 aliphatic rings. The molecule has 0 amide bonds. The van der Waals surface area contributed by atoms with Gasteiger partial charge in [0, 0.05) is 12.6 Å². The number of hydrogen-bond donors (Lipinski definition) is 1. The third kappa shape index (κ3) is 3.38. The van der Waals surface area contributed by atoms with E-state index in [2.05, 4.69) is 10.3 Å². The lowest BCUT2D eigenvalue weighted by Gasteiger charge is -2.10. The van der Waals surface area contributed by atoms with E-state index in [9.17, 15) is 10.1 Å².